The number of ether oxygens (including phenoxy) is 3. The average Bonchev–Trinajstić information content (AvgIpc) is 3.39. The molecule has 0 bridgehead atoms. The van der Waals surface area contributed by atoms with E-state index in [4.69, 9.17) is 14.2 Å². The van der Waals surface area contributed by atoms with Gasteiger partial charge in [-0.15, -0.1) is 0 Å². The predicted molar refractivity (Wildman–Crippen MR) is 315 cm³/mol. The molecule has 0 spiro atoms. The zero-order valence-electron chi connectivity index (χ0n) is 46.6. The second-order valence-electron chi connectivity index (χ2n) is 18.4. The van der Waals surface area contributed by atoms with Crippen molar-refractivity contribution in [2.24, 2.45) is 0 Å². The minimum Gasteiger partial charge on any atom is -0.462 e. The van der Waals surface area contributed by atoms with Crippen molar-refractivity contribution in [1.82, 2.24) is 0 Å². The maximum absolute atomic E-state index is 12.9. The van der Waals surface area contributed by atoms with Gasteiger partial charge in [0.25, 0.3) is 0 Å². The van der Waals surface area contributed by atoms with E-state index in [1.807, 2.05) is 12.2 Å². The van der Waals surface area contributed by atoms with Gasteiger partial charge in [-0.2, -0.15) is 0 Å². The second-order valence-corrected chi connectivity index (χ2v) is 18.4. The van der Waals surface area contributed by atoms with Gasteiger partial charge in [0.15, 0.2) is 6.10 Å². The zero-order valence-corrected chi connectivity index (χ0v) is 46.6. The third kappa shape index (κ3) is 57.8. The molecular weight excluding hydrogens is 901 g/mol. The summed E-state index contributed by atoms with van der Waals surface area (Å²) in [6, 6.07) is 0. The lowest BCUT2D eigenvalue weighted by Crippen LogP contribution is -2.30. The quantitative estimate of drug-likeness (QED) is 0.0261. The van der Waals surface area contributed by atoms with Crippen molar-refractivity contribution in [1.29, 1.82) is 0 Å². The summed E-state index contributed by atoms with van der Waals surface area (Å²) in [7, 11) is 0. The van der Waals surface area contributed by atoms with Crippen LogP contribution in [0.3, 0.4) is 0 Å². The van der Waals surface area contributed by atoms with Crippen LogP contribution in [-0.4, -0.2) is 37.2 Å². The zero-order chi connectivity index (χ0) is 52.9. The van der Waals surface area contributed by atoms with Crippen molar-refractivity contribution in [3.8, 4) is 0 Å². The van der Waals surface area contributed by atoms with E-state index in [9.17, 15) is 14.4 Å². The number of allylic oxidation sites excluding steroid dienone is 26. The maximum Gasteiger partial charge on any atom is 0.306 e. The van der Waals surface area contributed by atoms with Gasteiger partial charge in [0.1, 0.15) is 13.2 Å². The van der Waals surface area contributed by atoms with E-state index in [-0.39, 0.29) is 44.0 Å². The SMILES string of the molecule is CC/C=C/C/C=C/C/C=C/C/C=C/C/C=C/C/C=C/CCC(=O)OC[C@@H](COC(=O)CCCCCCCCC/C=C/C/C=C/CCCCC)OC(=O)CCCCC/C=C/C/C=C/C/C=C/C/C=C/C/C=C/CC. The Labute approximate surface area is 448 Å². The number of hydrogen-bond donors (Lipinski definition) is 0. The minimum absolute atomic E-state index is 0.126. The topological polar surface area (TPSA) is 78.9 Å². The molecule has 0 unspecified atom stereocenters. The first-order chi connectivity index (χ1) is 36.0. The van der Waals surface area contributed by atoms with Crippen LogP contribution in [0.15, 0.2) is 158 Å². The summed E-state index contributed by atoms with van der Waals surface area (Å²) in [5.74, 6) is -1.06. The Kier molecular flexibility index (Phi) is 55.5. The molecule has 6 nitrogen and oxygen atoms in total. The molecule has 0 saturated carbocycles. The molecule has 0 radical (unpaired) electrons. The van der Waals surface area contributed by atoms with Crippen molar-refractivity contribution >= 4 is 17.9 Å². The van der Waals surface area contributed by atoms with Gasteiger partial charge in [0.05, 0.1) is 0 Å². The van der Waals surface area contributed by atoms with Gasteiger partial charge in [0, 0.05) is 19.3 Å². The monoisotopic (exact) mass is 1000 g/mol. The lowest BCUT2D eigenvalue weighted by Gasteiger charge is -2.18. The summed E-state index contributed by atoms with van der Waals surface area (Å²) >= 11 is 0. The van der Waals surface area contributed by atoms with Crippen LogP contribution in [0.25, 0.3) is 0 Å². The van der Waals surface area contributed by atoms with Crippen LogP contribution in [0.4, 0.5) is 0 Å². The molecule has 0 heterocycles. The highest BCUT2D eigenvalue weighted by Crippen LogP contribution is 2.13. The van der Waals surface area contributed by atoms with Crippen molar-refractivity contribution < 1.29 is 28.6 Å². The van der Waals surface area contributed by atoms with Gasteiger partial charge >= 0.3 is 17.9 Å². The second kappa shape index (κ2) is 59.6. The van der Waals surface area contributed by atoms with E-state index >= 15 is 0 Å². The summed E-state index contributed by atoms with van der Waals surface area (Å²) < 4.78 is 16.8. The molecule has 0 aromatic carbocycles. The summed E-state index contributed by atoms with van der Waals surface area (Å²) in [6.45, 7) is 6.27. The van der Waals surface area contributed by atoms with Crippen LogP contribution in [-0.2, 0) is 28.6 Å². The molecule has 6 heteroatoms. The Balaban J connectivity index is 4.61. The highest BCUT2D eigenvalue weighted by molar-refractivity contribution is 5.71. The summed E-state index contributed by atoms with van der Waals surface area (Å²) in [5.41, 5.74) is 0. The highest BCUT2D eigenvalue weighted by atomic mass is 16.6. The maximum atomic E-state index is 12.9. The lowest BCUT2D eigenvalue weighted by molar-refractivity contribution is -0.166. The summed E-state index contributed by atoms with van der Waals surface area (Å²) in [6.07, 6.45) is 86.7. The van der Waals surface area contributed by atoms with Gasteiger partial charge < -0.3 is 14.2 Å². The molecule has 1 atom stereocenters. The third-order valence-electron chi connectivity index (χ3n) is 11.5. The first-order valence-corrected chi connectivity index (χ1v) is 29.0. The van der Waals surface area contributed by atoms with E-state index < -0.39 is 6.10 Å². The number of carbonyl (C=O) groups excluding carboxylic acids is 3. The average molecular weight is 1010 g/mol. The van der Waals surface area contributed by atoms with E-state index in [1.165, 1.54) is 51.4 Å². The molecule has 0 amide bonds. The summed E-state index contributed by atoms with van der Waals surface area (Å²) in [4.78, 5) is 38.2. The van der Waals surface area contributed by atoms with Gasteiger partial charge in [-0.25, -0.2) is 0 Å². The van der Waals surface area contributed by atoms with Gasteiger partial charge in [-0.3, -0.25) is 14.4 Å². The van der Waals surface area contributed by atoms with E-state index in [1.54, 1.807) is 0 Å². The van der Waals surface area contributed by atoms with Crippen molar-refractivity contribution in [2.75, 3.05) is 13.2 Å². The van der Waals surface area contributed by atoms with Gasteiger partial charge in [-0.05, 0) is 135 Å². The molecule has 0 aliphatic heterocycles. The van der Waals surface area contributed by atoms with Crippen LogP contribution in [0.2, 0.25) is 0 Å². The standard InChI is InChI=1S/C67H104O6/c1-4-7-10-13-16-19-22-25-28-31-33-36-39-42-45-48-51-54-57-60-66(69)72-63-64(62-71-65(68)59-56-53-50-47-44-41-38-35-30-27-24-21-18-15-12-9-6-3)73-67(70)61-58-55-52-49-46-43-40-37-34-32-29-26-23-20-17-14-11-8-5-2/h7-8,10-11,16-21,25-30,33-34,36-37,42-43,45-46,51,54,64H,4-6,9,12-15,22-24,31-32,35,38-41,44,47-50,52-53,55-63H2,1-3H3/b10-7+,11-8+,19-16+,20-17+,21-18+,28-25+,29-26+,30-27+,36-33+,37-34+,45-42+,46-43+,54-51+/t64-/m1/s1. The van der Waals surface area contributed by atoms with Gasteiger partial charge in [-0.1, -0.05) is 230 Å². The Bertz CT molecular complexity index is 1670. The van der Waals surface area contributed by atoms with Crippen LogP contribution in [0.1, 0.15) is 226 Å². The van der Waals surface area contributed by atoms with Crippen LogP contribution in [0, 0.1) is 0 Å². The number of hydrogen-bond acceptors (Lipinski definition) is 6. The van der Waals surface area contributed by atoms with Crippen LogP contribution < -0.4 is 0 Å². The number of rotatable bonds is 50. The number of carbonyl (C=O) groups is 3. The number of esters is 3. The van der Waals surface area contributed by atoms with E-state index in [2.05, 4.69) is 167 Å². The first-order valence-electron chi connectivity index (χ1n) is 29.0. The molecule has 0 aromatic rings. The molecule has 408 valence electrons. The number of unbranched alkanes of at least 4 members (excludes halogenated alkanes) is 13. The smallest absolute Gasteiger partial charge is 0.306 e. The fourth-order valence-corrected chi connectivity index (χ4v) is 7.23. The third-order valence-corrected chi connectivity index (χ3v) is 11.5. The normalized spacial score (nSPS) is 13.3. The predicted octanol–water partition coefficient (Wildman–Crippen LogP) is 19.8. The van der Waals surface area contributed by atoms with Crippen molar-refractivity contribution in [2.45, 2.75) is 232 Å². The summed E-state index contributed by atoms with van der Waals surface area (Å²) in [5, 5.41) is 0. The molecule has 0 saturated heterocycles. The molecule has 73 heavy (non-hydrogen) atoms. The fraction of sp³-hybridized carbons (Fsp3) is 0.567. The van der Waals surface area contributed by atoms with Gasteiger partial charge in [0.2, 0.25) is 0 Å². The Morgan fingerprint density at radius 1 is 0.288 bits per heavy atom. The van der Waals surface area contributed by atoms with Crippen molar-refractivity contribution in [3.05, 3.63) is 158 Å². The molecule has 0 N–H and O–H groups in total. The Morgan fingerprint density at radius 3 is 0.932 bits per heavy atom. The highest BCUT2D eigenvalue weighted by Gasteiger charge is 2.19. The molecular formula is C67H104O6. The molecule has 0 aliphatic rings. The van der Waals surface area contributed by atoms with Crippen LogP contribution >= 0.6 is 0 Å². The lowest BCUT2D eigenvalue weighted by atomic mass is 10.1. The molecule has 0 rings (SSSR count). The molecule has 0 aliphatic carbocycles. The Hall–Kier alpha value is -4.97. The van der Waals surface area contributed by atoms with Crippen LogP contribution in [0.5, 0.6) is 0 Å². The van der Waals surface area contributed by atoms with E-state index in [0.29, 0.717) is 19.3 Å². The molecule has 0 fully saturated rings. The fourth-order valence-electron chi connectivity index (χ4n) is 7.23. The van der Waals surface area contributed by atoms with E-state index in [0.717, 1.165) is 122 Å². The Morgan fingerprint density at radius 2 is 0.562 bits per heavy atom. The van der Waals surface area contributed by atoms with Crippen molar-refractivity contribution in [3.63, 3.8) is 0 Å². The first kappa shape index (κ1) is 68.0. The largest absolute Gasteiger partial charge is 0.462 e. The minimum atomic E-state index is -0.838. The molecule has 0 aromatic heterocycles.